The fourth-order valence-corrected chi connectivity index (χ4v) is 8.37. The molecule has 3 saturated carbocycles. The van der Waals surface area contributed by atoms with E-state index in [2.05, 4.69) is 10.3 Å². The number of fused-ring (bicyclic) bond motifs is 7. The zero-order valence-corrected chi connectivity index (χ0v) is 21.5. The molecule has 5 aliphatic rings. The second-order valence-corrected chi connectivity index (χ2v) is 12.0. The summed E-state index contributed by atoms with van der Waals surface area (Å²) in [6, 6.07) is 0. The lowest BCUT2D eigenvalue weighted by atomic mass is 9.44. The second-order valence-electron chi connectivity index (χ2n) is 12.0. The summed E-state index contributed by atoms with van der Waals surface area (Å²) < 4.78 is 30.6. The second kappa shape index (κ2) is 7.60. The average Bonchev–Trinajstić information content (AvgIpc) is 3.18. The van der Waals surface area contributed by atoms with Crippen molar-refractivity contribution in [2.24, 2.45) is 32.9 Å². The van der Waals surface area contributed by atoms with Crippen LogP contribution in [0.15, 0.2) is 34.1 Å². The van der Waals surface area contributed by atoms with Crippen LogP contribution in [0.5, 0.6) is 0 Å². The Labute approximate surface area is 206 Å². The largest absolute Gasteiger partial charge is 0.410 e. The molecule has 0 amide bonds. The molecule has 194 valence electrons. The van der Waals surface area contributed by atoms with E-state index in [9.17, 15) is 15.4 Å². The fourth-order valence-electron chi connectivity index (χ4n) is 8.37. The standard InChI is InChI=1S/C26H38FN3O5/c1-22(2)34-21-12-18-17-8-7-15-11-16(29-33)9-10-23(15,3)25(17,27)20(32)13-24(18,4)26(21,35-22)19(14-31)28-30(5)6/h9-11,17-18,20-21,31-33H,7-8,12-14H2,1-6H3/b28-19?,29-16-/t17-,18-,20-,21+,23-,24-,25-,26+/m0/s1. The Kier molecular flexibility index (Phi) is 5.40. The first-order valence-corrected chi connectivity index (χ1v) is 12.5. The van der Waals surface area contributed by atoms with Crippen LogP contribution in [-0.4, -0.2) is 81.8 Å². The van der Waals surface area contributed by atoms with Crippen molar-refractivity contribution in [2.75, 3.05) is 20.7 Å². The zero-order chi connectivity index (χ0) is 25.6. The molecule has 0 aromatic carbocycles. The Morgan fingerprint density at radius 1 is 1.23 bits per heavy atom. The molecule has 0 unspecified atom stereocenters. The molecule has 1 saturated heterocycles. The third-order valence-corrected chi connectivity index (χ3v) is 9.66. The zero-order valence-electron chi connectivity index (χ0n) is 21.5. The maximum absolute atomic E-state index is 17.5. The number of rotatable bonds is 3. The summed E-state index contributed by atoms with van der Waals surface area (Å²) in [7, 11) is 3.57. The monoisotopic (exact) mass is 491 g/mol. The molecule has 8 atom stereocenters. The predicted octanol–water partition coefficient (Wildman–Crippen LogP) is 3.03. The van der Waals surface area contributed by atoms with Gasteiger partial charge in [-0.05, 0) is 64.5 Å². The van der Waals surface area contributed by atoms with Crippen molar-refractivity contribution in [3.63, 3.8) is 0 Å². The molecular weight excluding hydrogens is 453 g/mol. The lowest BCUT2D eigenvalue weighted by Gasteiger charge is -2.63. The van der Waals surface area contributed by atoms with Crippen LogP contribution < -0.4 is 0 Å². The van der Waals surface area contributed by atoms with Crippen LogP contribution in [0, 0.1) is 22.7 Å². The lowest BCUT2D eigenvalue weighted by Crippen LogP contribution is -2.70. The topological polar surface area (TPSA) is 107 Å². The van der Waals surface area contributed by atoms with Crippen LogP contribution in [0.3, 0.4) is 0 Å². The summed E-state index contributed by atoms with van der Waals surface area (Å²) in [6.45, 7) is 7.26. The highest BCUT2D eigenvalue weighted by Crippen LogP contribution is 2.72. The number of allylic oxidation sites excluding steroid dienone is 4. The number of hydrazone groups is 1. The molecule has 1 heterocycles. The summed E-state index contributed by atoms with van der Waals surface area (Å²) in [5.74, 6) is -1.51. The highest BCUT2D eigenvalue weighted by molar-refractivity contribution is 6.05. The van der Waals surface area contributed by atoms with E-state index in [0.29, 0.717) is 30.7 Å². The van der Waals surface area contributed by atoms with Crippen molar-refractivity contribution in [2.45, 2.75) is 82.6 Å². The van der Waals surface area contributed by atoms with Gasteiger partial charge in [0.25, 0.3) is 0 Å². The minimum absolute atomic E-state index is 0.144. The first-order valence-electron chi connectivity index (χ1n) is 12.5. The van der Waals surface area contributed by atoms with E-state index in [4.69, 9.17) is 9.47 Å². The first-order chi connectivity index (χ1) is 16.3. The van der Waals surface area contributed by atoms with Crippen molar-refractivity contribution >= 4 is 11.4 Å². The van der Waals surface area contributed by atoms with E-state index in [-0.39, 0.29) is 18.9 Å². The van der Waals surface area contributed by atoms with Gasteiger partial charge in [0.15, 0.2) is 11.5 Å². The molecule has 0 aromatic heterocycles. The molecule has 0 aromatic rings. The average molecular weight is 492 g/mol. The van der Waals surface area contributed by atoms with Crippen LogP contribution in [0.1, 0.15) is 53.4 Å². The van der Waals surface area contributed by atoms with E-state index in [1.807, 2.05) is 27.7 Å². The number of oxime groups is 1. The molecule has 35 heavy (non-hydrogen) atoms. The number of ether oxygens (including phenoxy) is 2. The van der Waals surface area contributed by atoms with E-state index in [1.54, 1.807) is 37.3 Å². The number of nitrogens with zero attached hydrogens (tertiary/aromatic N) is 3. The Morgan fingerprint density at radius 3 is 2.57 bits per heavy atom. The number of hydrogen-bond donors (Lipinski definition) is 3. The fraction of sp³-hybridized carbons (Fsp3) is 0.769. The summed E-state index contributed by atoms with van der Waals surface area (Å²) in [6.07, 6.45) is 5.31. The van der Waals surface area contributed by atoms with Gasteiger partial charge in [0.2, 0.25) is 0 Å². The van der Waals surface area contributed by atoms with E-state index in [1.165, 1.54) is 0 Å². The number of aliphatic hydroxyl groups excluding tert-OH is 2. The molecule has 5 rings (SSSR count). The van der Waals surface area contributed by atoms with Crippen molar-refractivity contribution in [1.29, 1.82) is 0 Å². The minimum Gasteiger partial charge on any atom is -0.410 e. The van der Waals surface area contributed by atoms with Gasteiger partial charge >= 0.3 is 0 Å². The van der Waals surface area contributed by atoms with Crippen LogP contribution >= 0.6 is 0 Å². The molecule has 1 aliphatic heterocycles. The SMILES string of the molecule is CN(C)N=C(CO)[C@@]12OC(C)(C)O[C@@H]1C[C@H]1[C@@H]3CCC4=C/C(=N\O)C=C[C@]4(C)[C@@]3(F)[C@@H](O)C[C@@]12C. The Hall–Kier alpha value is -1.81. The van der Waals surface area contributed by atoms with Crippen LogP contribution in [-0.2, 0) is 9.47 Å². The van der Waals surface area contributed by atoms with Crippen LogP contribution in [0.25, 0.3) is 0 Å². The summed E-state index contributed by atoms with van der Waals surface area (Å²) in [5, 5.41) is 40.9. The van der Waals surface area contributed by atoms with E-state index in [0.717, 1.165) is 5.57 Å². The first kappa shape index (κ1) is 24.9. The van der Waals surface area contributed by atoms with Crippen LogP contribution in [0.2, 0.25) is 0 Å². The van der Waals surface area contributed by atoms with Gasteiger partial charge < -0.3 is 29.9 Å². The normalized spacial score (nSPS) is 49.2. The third-order valence-electron chi connectivity index (χ3n) is 9.66. The molecule has 4 fully saturated rings. The molecular formula is C26H38FN3O5. The number of aliphatic hydroxyl groups is 2. The van der Waals surface area contributed by atoms with Crippen molar-refractivity contribution < 1.29 is 29.3 Å². The van der Waals surface area contributed by atoms with Gasteiger partial charge in [-0.15, -0.1) is 0 Å². The van der Waals surface area contributed by atoms with Crippen molar-refractivity contribution in [1.82, 2.24) is 5.01 Å². The lowest BCUT2D eigenvalue weighted by molar-refractivity contribution is -0.236. The molecule has 0 spiro atoms. The van der Waals surface area contributed by atoms with Crippen molar-refractivity contribution in [3.8, 4) is 0 Å². The minimum atomic E-state index is -1.91. The Morgan fingerprint density at radius 2 is 1.94 bits per heavy atom. The van der Waals surface area contributed by atoms with E-state index < -0.39 is 46.0 Å². The third kappa shape index (κ3) is 2.98. The number of alkyl halides is 1. The number of hydrogen-bond acceptors (Lipinski definition) is 8. The van der Waals surface area contributed by atoms with Gasteiger partial charge in [0, 0.05) is 30.8 Å². The summed E-state index contributed by atoms with van der Waals surface area (Å²) in [5.41, 5.74) is -3.05. The molecule has 3 N–H and O–H groups in total. The number of halogens is 1. The Balaban J connectivity index is 1.64. The molecule has 0 radical (unpaired) electrons. The van der Waals surface area contributed by atoms with Gasteiger partial charge in [0.1, 0.15) is 11.3 Å². The maximum atomic E-state index is 17.5. The highest BCUT2D eigenvalue weighted by atomic mass is 19.1. The highest BCUT2D eigenvalue weighted by Gasteiger charge is 2.79. The van der Waals surface area contributed by atoms with Gasteiger partial charge in [-0.3, -0.25) is 0 Å². The van der Waals surface area contributed by atoms with Gasteiger partial charge in [0.05, 0.1) is 24.5 Å². The quantitative estimate of drug-likeness (QED) is 0.318. The van der Waals surface area contributed by atoms with E-state index >= 15 is 4.39 Å². The predicted molar refractivity (Wildman–Crippen MR) is 129 cm³/mol. The molecule has 8 nitrogen and oxygen atoms in total. The van der Waals surface area contributed by atoms with Gasteiger partial charge in [-0.2, -0.15) is 5.10 Å². The molecule has 0 bridgehead atoms. The molecule has 4 aliphatic carbocycles. The summed E-state index contributed by atoms with van der Waals surface area (Å²) in [4.78, 5) is 0. The maximum Gasteiger partial charge on any atom is 0.164 e. The smallest absolute Gasteiger partial charge is 0.164 e. The van der Waals surface area contributed by atoms with Gasteiger partial charge in [-0.1, -0.05) is 23.7 Å². The van der Waals surface area contributed by atoms with Gasteiger partial charge in [-0.25, -0.2) is 4.39 Å². The Bertz CT molecular complexity index is 1040. The summed E-state index contributed by atoms with van der Waals surface area (Å²) >= 11 is 0. The van der Waals surface area contributed by atoms with Crippen molar-refractivity contribution in [3.05, 3.63) is 23.8 Å². The van der Waals surface area contributed by atoms with Crippen LogP contribution in [0.4, 0.5) is 4.39 Å². The molecule has 9 heteroatoms.